The molecule has 0 atom stereocenters. The van der Waals surface area contributed by atoms with Gasteiger partial charge in [0.05, 0.1) is 5.75 Å². The number of carbonyl (C=O) groups excluding carboxylic acids is 1. The number of aromatic amines is 1. The number of halogens is 1. The Labute approximate surface area is 180 Å². The number of nitrogens with one attached hydrogen (secondary N) is 1. The van der Waals surface area contributed by atoms with Gasteiger partial charge in [-0.2, -0.15) is 0 Å². The number of nitrogens with two attached hydrogens (primary N) is 1. The molecule has 3 N–H and O–H groups in total. The van der Waals surface area contributed by atoms with E-state index in [0.29, 0.717) is 18.5 Å². The van der Waals surface area contributed by atoms with Crippen LogP contribution in [0.5, 0.6) is 0 Å². The topological polar surface area (TPSA) is 140 Å². The number of unbranched alkanes of at least 4 members (excludes halogenated alkanes) is 1. The number of hydrogen-bond donors (Lipinski definition) is 2. The lowest BCUT2D eigenvalue weighted by Crippen LogP contribution is -2.39. The molecule has 0 bridgehead atoms. The van der Waals surface area contributed by atoms with Crippen LogP contribution < -0.4 is 21.9 Å². The molecule has 10 nitrogen and oxygen atoms in total. The van der Waals surface area contributed by atoms with Gasteiger partial charge in [-0.1, -0.05) is 25.1 Å². The molecule has 2 heterocycles. The highest BCUT2D eigenvalue weighted by Crippen LogP contribution is 2.24. The van der Waals surface area contributed by atoms with E-state index >= 15 is 0 Å². The van der Waals surface area contributed by atoms with Gasteiger partial charge in [-0.25, -0.2) is 9.18 Å². The Morgan fingerprint density at radius 2 is 2.00 bits per heavy atom. The Morgan fingerprint density at radius 1 is 1.29 bits per heavy atom. The largest absolute Gasteiger partial charge is 0.411 e. The zero-order valence-corrected chi connectivity index (χ0v) is 17.7. The quantitative estimate of drug-likeness (QED) is 0.498. The average molecular weight is 448 g/mol. The first-order valence-corrected chi connectivity index (χ1v) is 10.4. The van der Waals surface area contributed by atoms with Crippen LogP contribution in [-0.2, 0) is 11.3 Å². The smallest absolute Gasteiger partial charge is 0.330 e. The first-order chi connectivity index (χ1) is 14.8. The number of benzene rings is 1. The Hall–Kier alpha value is -3.41. The predicted molar refractivity (Wildman–Crippen MR) is 114 cm³/mol. The third-order valence-corrected chi connectivity index (χ3v) is 5.28. The zero-order valence-electron chi connectivity index (χ0n) is 16.9. The minimum absolute atomic E-state index is 0.0700. The molecule has 1 amide bonds. The summed E-state index contributed by atoms with van der Waals surface area (Å²) in [6, 6.07) is 5.54. The van der Waals surface area contributed by atoms with Crippen molar-refractivity contribution in [3.05, 3.63) is 50.9 Å². The minimum Gasteiger partial charge on any atom is -0.411 e. The lowest BCUT2D eigenvalue weighted by atomic mass is 10.2. The maximum absolute atomic E-state index is 13.0. The van der Waals surface area contributed by atoms with Gasteiger partial charge < -0.3 is 15.1 Å². The number of H-pyrrole nitrogens is 1. The van der Waals surface area contributed by atoms with E-state index in [0.717, 1.165) is 23.1 Å². The van der Waals surface area contributed by atoms with Crippen molar-refractivity contribution in [1.29, 1.82) is 0 Å². The highest BCUT2D eigenvalue weighted by atomic mass is 32.2. The number of nitrogen functional groups attached to an aromatic ring is 1. The Morgan fingerprint density at radius 3 is 2.68 bits per heavy atom. The lowest BCUT2D eigenvalue weighted by Gasteiger charge is -2.20. The van der Waals surface area contributed by atoms with Crippen molar-refractivity contribution in [2.24, 2.45) is 0 Å². The first kappa shape index (κ1) is 22.3. The molecule has 0 aliphatic carbocycles. The van der Waals surface area contributed by atoms with Crippen molar-refractivity contribution in [1.82, 2.24) is 19.7 Å². The number of carbonyl (C=O) groups is 1. The van der Waals surface area contributed by atoms with Crippen LogP contribution in [0.3, 0.4) is 0 Å². The molecule has 3 aromatic rings. The van der Waals surface area contributed by atoms with E-state index in [1.165, 1.54) is 35.9 Å². The van der Waals surface area contributed by atoms with E-state index in [-0.39, 0.29) is 34.2 Å². The van der Waals surface area contributed by atoms with Crippen molar-refractivity contribution in [3.8, 4) is 11.5 Å². The van der Waals surface area contributed by atoms with Crippen molar-refractivity contribution in [2.45, 2.75) is 31.5 Å². The fraction of sp³-hybridized carbons (Fsp3) is 0.316. The summed E-state index contributed by atoms with van der Waals surface area (Å²) in [5, 5.41) is 7.87. The summed E-state index contributed by atoms with van der Waals surface area (Å²) in [4.78, 5) is 40.2. The maximum atomic E-state index is 13.0. The Kier molecular flexibility index (Phi) is 6.90. The molecule has 0 radical (unpaired) electrons. The lowest BCUT2D eigenvalue weighted by molar-refractivity contribution is -0.115. The molecule has 0 aliphatic heterocycles. The van der Waals surface area contributed by atoms with Crippen LogP contribution in [-0.4, -0.2) is 38.5 Å². The van der Waals surface area contributed by atoms with Crippen molar-refractivity contribution in [3.63, 3.8) is 0 Å². The van der Waals surface area contributed by atoms with Gasteiger partial charge in [-0.05, 0) is 30.7 Å². The number of amides is 1. The van der Waals surface area contributed by atoms with Crippen molar-refractivity contribution < 1.29 is 13.6 Å². The van der Waals surface area contributed by atoms with E-state index in [4.69, 9.17) is 10.2 Å². The number of hydrogen-bond acceptors (Lipinski definition) is 8. The van der Waals surface area contributed by atoms with E-state index in [1.807, 2.05) is 6.92 Å². The van der Waals surface area contributed by atoms with Crippen LogP contribution in [0.15, 0.2) is 43.5 Å². The highest BCUT2D eigenvalue weighted by Gasteiger charge is 2.22. The van der Waals surface area contributed by atoms with Crippen molar-refractivity contribution >= 4 is 29.2 Å². The molecule has 0 fully saturated rings. The van der Waals surface area contributed by atoms with Gasteiger partial charge in [0, 0.05) is 19.2 Å². The number of rotatable bonds is 8. The number of aromatic nitrogens is 4. The molecule has 164 valence electrons. The fourth-order valence-electron chi connectivity index (χ4n) is 2.76. The highest BCUT2D eigenvalue weighted by molar-refractivity contribution is 7.99. The van der Waals surface area contributed by atoms with Crippen LogP contribution in [0.1, 0.15) is 19.8 Å². The van der Waals surface area contributed by atoms with Gasteiger partial charge in [0.15, 0.2) is 5.69 Å². The average Bonchev–Trinajstić information content (AvgIpc) is 3.21. The fourth-order valence-corrected chi connectivity index (χ4v) is 3.44. The van der Waals surface area contributed by atoms with Gasteiger partial charge in [0.25, 0.3) is 10.8 Å². The summed E-state index contributed by atoms with van der Waals surface area (Å²) in [6.45, 7) is 2.29. The molecule has 0 saturated heterocycles. The van der Waals surface area contributed by atoms with Gasteiger partial charge in [-0.15, -0.1) is 10.2 Å². The Balaban J connectivity index is 1.72. The summed E-state index contributed by atoms with van der Waals surface area (Å²) in [5.41, 5.74) is 5.11. The summed E-state index contributed by atoms with van der Waals surface area (Å²) < 4.78 is 19.8. The van der Waals surface area contributed by atoms with Crippen LogP contribution in [0.4, 0.5) is 15.9 Å². The van der Waals surface area contributed by atoms with E-state index in [1.54, 1.807) is 0 Å². The predicted octanol–water partition coefficient (Wildman–Crippen LogP) is 1.86. The second-order valence-electron chi connectivity index (χ2n) is 6.62. The number of anilines is 2. The zero-order chi connectivity index (χ0) is 22.5. The molecule has 0 spiro atoms. The molecule has 0 aliphatic rings. The number of thioether (sulfide) groups is 1. The van der Waals surface area contributed by atoms with Crippen LogP contribution >= 0.6 is 11.8 Å². The first-order valence-electron chi connectivity index (χ1n) is 9.43. The van der Waals surface area contributed by atoms with Gasteiger partial charge in [0.2, 0.25) is 11.8 Å². The molecule has 0 unspecified atom stereocenters. The van der Waals surface area contributed by atoms with Crippen molar-refractivity contribution in [2.75, 3.05) is 23.4 Å². The molecule has 0 saturated carbocycles. The van der Waals surface area contributed by atoms with Crippen LogP contribution in [0.25, 0.3) is 11.5 Å². The summed E-state index contributed by atoms with van der Waals surface area (Å²) in [7, 11) is 1.40. The molecule has 2 aromatic heterocycles. The molecular weight excluding hydrogens is 427 g/mol. The second kappa shape index (κ2) is 9.60. The van der Waals surface area contributed by atoms with E-state index in [9.17, 15) is 18.8 Å². The number of nitrogens with zero attached hydrogens (tertiary/aromatic N) is 4. The van der Waals surface area contributed by atoms with E-state index in [2.05, 4.69) is 15.2 Å². The monoisotopic (exact) mass is 448 g/mol. The van der Waals surface area contributed by atoms with Gasteiger partial charge >= 0.3 is 5.69 Å². The van der Waals surface area contributed by atoms with Crippen LogP contribution in [0, 0.1) is 5.82 Å². The summed E-state index contributed by atoms with van der Waals surface area (Å²) in [5.74, 6) is -0.841. The summed E-state index contributed by atoms with van der Waals surface area (Å²) in [6.07, 6.45) is 1.52. The molecule has 3 rings (SSSR count). The molecule has 31 heavy (non-hydrogen) atoms. The van der Waals surface area contributed by atoms with E-state index < -0.39 is 17.2 Å². The molecule has 1 aromatic carbocycles. The third-order valence-electron chi connectivity index (χ3n) is 4.48. The molecule has 12 heteroatoms. The molecular formula is C19H21FN6O4S. The van der Waals surface area contributed by atoms with Gasteiger partial charge in [-0.3, -0.25) is 19.1 Å². The minimum atomic E-state index is -0.743. The standard InChI is InChI=1S/C19H21FN6O4S/c1-3-4-9-26-15(21)14(16(28)22-18(26)29)25(2)13(27)10-31-19-24-23-17(30-19)11-5-7-12(20)8-6-11/h5-8H,3-4,9-10,21H2,1-2H3,(H,22,28,29). The third kappa shape index (κ3) is 5.02. The SMILES string of the molecule is CCCCn1c(N)c(N(C)C(=O)CSc2nnc(-c3ccc(F)cc3)o2)c(=O)[nH]c1=O. The van der Waals surface area contributed by atoms with Crippen LogP contribution in [0.2, 0.25) is 0 Å². The second-order valence-corrected chi connectivity index (χ2v) is 7.55. The normalized spacial score (nSPS) is 10.9. The summed E-state index contributed by atoms with van der Waals surface area (Å²) >= 11 is 0.976. The van der Waals surface area contributed by atoms with Gasteiger partial charge in [0.1, 0.15) is 11.6 Å². The Bertz CT molecular complexity index is 1190. The maximum Gasteiger partial charge on any atom is 0.330 e.